The zero-order valence-corrected chi connectivity index (χ0v) is 15.9. The molecule has 0 radical (unpaired) electrons. The molecule has 0 saturated carbocycles. The predicted octanol–water partition coefficient (Wildman–Crippen LogP) is 1.13. The molecule has 27 heavy (non-hydrogen) atoms. The summed E-state index contributed by atoms with van der Waals surface area (Å²) in [5, 5.41) is 8.67. The van der Waals surface area contributed by atoms with E-state index in [2.05, 4.69) is 16.0 Å². The molecule has 2 atom stereocenters. The molecule has 0 aliphatic carbocycles. The summed E-state index contributed by atoms with van der Waals surface area (Å²) in [6.45, 7) is 3.58. The van der Waals surface area contributed by atoms with Crippen LogP contribution in [0.5, 0.6) is 0 Å². The SMILES string of the molecule is CC1(c2ccc(F)cc2)NC(=O)N(CC(=O)NCC2CCCNC2)C1=O.Cl. The lowest BCUT2D eigenvalue weighted by molar-refractivity contribution is -0.134. The van der Waals surface area contributed by atoms with Crippen molar-refractivity contribution in [3.8, 4) is 0 Å². The van der Waals surface area contributed by atoms with Gasteiger partial charge in [0.05, 0.1) is 0 Å². The Balaban J connectivity index is 0.00000261. The summed E-state index contributed by atoms with van der Waals surface area (Å²) in [4.78, 5) is 38.0. The van der Waals surface area contributed by atoms with Gasteiger partial charge in [-0.2, -0.15) is 0 Å². The van der Waals surface area contributed by atoms with Gasteiger partial charge in [0.15, 0.2) is 0 Å². The lowest BCUT2D eigenvalue weighted by Crippen LogP contribution is -2.45. The number of urea groups is 1. The first-order chi connectivity index (χ1) is 12.4. The van der Waals surface area contributed by atoms with Crippen LogP contribution in [0.4, 0.5) is 9.18 Å². The first kappa shape index (κ1) is 21.1. The van der Waals surface area contributed by atoms with Crippen LogP contribution in [0.15, 0.2) is 24.3 Å². The van der Waals surface area contributed by atoms with E-state index in [-0.39, 0.29) is 24.9 Å². The highest BCUT2D eigenvalue weighted by atomic mass is 35.5. The smallest absolute Gasteiger partial charge is 0.325 e. The third-order valence-electron chi connectivity index (χ3n) is 4.99. The van der Waals surface area contributed by atoms with Crippen molar-refractivity contribution in [3.05, 3.63) is 35.6 Å². The summed E-state index contributed by atoms with van der Waals surface area (Å²) in [5.74, 6) is -0.964. The zero-order chi connectivity index (χ0) is 18.7. The Hall–Kier alpha value is -2.19. The fourth-order valence-corrected chi connectivity index (χ4v) is 3.38. The van der Waals surface area contributed by atoms with Gasteiger partial charge in [-0.15, -0.1) is 12.4 Å². The maximum absolute atomic E-state index is 13.1. The number of hydrogen-bond donors (Lipinski definition) is 3. The fraction of sp³-hybridized carbons (Fsp3) is 0.500. The predicted molar refractivity (Wildman–Crippen MR) is 99.8 cm³/mol. The molecule has 148 valence electrons. The molecule has 1 aromatic rings. The molecule has 2 aliphatic heterocycles. The number of hydrogen-bond acceptors (Lipinski definition) is 4. The van der Waals surface area contributed by atoms with Gasteiger partial charge in [0, 0.05) is 6.54 Å². The minimum Gasteiger partial charge on any atom is -0.354 e. The topological polar surface area (TPSA) is 90.5 Å². The Morgan fingerprint density at radius 3 is 2.67 bits per heavy atom. The molecular formula is C18H24ClFN4O3. The van der Waals surface area contributed by atoms with Crippen LogP contribution < -0.4 is 16.0 Å². The number of amides is 4. The first-order valence-electron chi connectivity index (χ1n) is 8.78. The molecule has 3 N–H and O–H groups in total. The van der Waals surface area contributed by atoms with E-state index in [9.17, 15) is 18.8 Å². The van der Waals surface area contributed by atoms with Gasteiger partial charge in [-0.25, -0.2) is 9.18 Å². The van der Waals surface area contributed by atoms with E-state index in [0.717, 1.165) is 30.8 Å². The standard InChI is InChI=1S/C18H23FN4O3.ClH/c1-18(13-4-6-14(19)7-5-13)16(25)23(17(26)22-18)11-15(24)21-10-12-3-2-8-20-9-12;/h4-7,12,20H,2-3,8-11H2,1H3,(H,21,24)(H,22,26);1H. The van der Waals surface area contributed by atoms with Crippen LogP contribution in [0.1, 0.15) is 25.3 Å². The molecule has 2 unspecified atom stereocenters. The van der Waals surface area contributed by atoms with Crippen molar-refractivity contribution in [1.29, 1.82) is 0 Å². The molecule has 0 spiro atoms. The second-order valence-corrected chi connectivity index (χ2v) is 6.97. The van der Waals surface area contributed by atoms with Gasteiger partial charge >= 0.3 is 6.03 Å². The van der Waals surface area contributed by atoms with E-state index < -0.39 is 23.3 Å². The van der Waals surface area contributed by atoms with Gasteiger partial charge < -0.3 is 16.0 Å². The van der Waals surface area contributed by atoms with E-state index in [1.807, 2.05) is 0 Å². The highest BCUT2D eigenvalue weighted by Gasteiger charge is 2.49. The van der Waals surface area contributed by atoms with Crippen molar-refractivity contribution in [2.24, 2.45) is 5.92 Å². The number of rotatable bonds is 5. The normalized spacial score (nSPS) is 25.0. The number of piperidine rings is 1. The highest BCUT2D eigenvalue weighted by Crippen LogP contribution is 2.28. The quantitative estimate of drug-likeness (QED) is 0.648. The van der Waals surface area contributed by atoms with Crippen LogP contribution in [0.3, 0.4) is 0 Å². The molecule has 4 amide bonds. The fourth-order valence-electron chi connectivity index (χ4n) is 3.38. The van der Waals surface area contributed by atoms with Crippen molar-refractivity contribution in [2.45, 2.75) is 25.3 Å². The maximum atomic E-state index is 13.1. The molecule has 2 heterocycles. The number of carbonyl (C=O) groups excluding carboxylic acids is 3. The highest BCUT2D eigenvalue weighted by molar-refractivity contribution is 6.09. The van der Waals surface area contributed by atoms with Crippen molar-refractivity contribution in [2.75, 3.05) is 26.2 Å². The minimum atomic E-state index is -1.31. The van der Waals surface area contributed by atoms with Crippen molar-refractivity contribution in [3.63, 3.8) is 0 Å². The molecule has 7 nitrogen and oxygen atoms in total. The summed E-state index contributed by atoms with van der Waals surface area (Å²) < 4.78 is 13.1. The molecule has 1 aromatic carbocycles. The molecule has 3 rings (SSSR count). The molecule has 0 bridgehead atoms. The third-order valence-corrected chi connectivity index (χ3v) is 4.99. The Labute approximate surface area is 163 Å². The summed E-state index contributed by atoms with van der Waals surface area (Å²) >= 11 is 0. The summed E-state index contributed by atoms with van der Waals surface area (Å²) in [6.07, 6.45) is 2.11. The van der Waals surface area contributed by atoms with E-state index in [4.69, 9.17) is 0 Å². The van der Waals surface area contributed by atoms with Gasteiger partial charge in [0.1, 0.15) is 17.9 Å². The number of nitrogens with zero attached hydrogens (tertiary/aromatic N) is 1. The average molecular weight is 399 g/mol. The van der Waals surface area contributed by atoms with Crippen molar-refractivity contribution >= 4 is 30.3 Å². The Morgan fingerprint density at radius 1 is 1.33 bits per heavy atom. The van der Waals surface area contributed by atoms with Crippen molar-refractivity contribution < 1.29 is 18.8 Å². The van der Waals surface area contributed by atoms with Crippen molar-refractivity contribution in [1.82, 2.24) is 20.9 Å². The largest absolute Gasteiger partial charge is 0.354 e. The summed E-state index contributed by atoms with van der Waals surface area (Å²) in [7, 11) is 0. The minimum absolute atomic E-state index is 0. The lowest BCUT2D eigenvalue weighted by atomic mass is 9.92. The van der Waals surface area contributed by atoms with Gasteiger partial charge in [-0.1, -0.05) is 12.1 Å². The average Bonchev–Trinajstić information content (AvgIpc) is 2.85. The molecule has 2 saturated heterocycles. The summed E-state index contributed by atoms with van der Waals surface area (Å²) in [6, 6.07) is 4.73. The van der Waals surface area contributed by atoms with Gasteiger partial charge in [0.25, 0.3) is 5.91 Å². The molecular weight excluding hydrogens is 375 g/mol. The Morgan fingerprint density at radius 2 is 2.04 bits per heavy atom. The van der Waals surface area contributed by atoms with Gasteiger partial charge in [-0.3, -0.25) is 14.5 Å². The number of nitrogens with one attached hydrogen (secondary N) is 3. The number of carbonyl (C=O) groups is 3. The van der Waals surface area contributed by atoms with Crippen LogP contribution in [0, 0.1) is 11.7 Å². The molecule has 2 fully saturated rings. The maximum Gasteiger partial charge on any atom is 0.325 e. The van der Waals surface area contributed by atoms with E-state index in [1.54, 1.807) is 6.92 Å². The second kappa shape index (κ2) is 8.67. The Kier molecular flexibility index (Phi) is 6.78. The van der Waals surface area contributed by atoms with Crippen LogP contribution in [0.25, 0.3) is 0 Å². The van der Waals surface area contributed by atoms with Gasteiger partial charge in [0.2, 0.25) is 5.91 Å². The third kappa shape index (κ3) is 4.56. The Bertz CT molecular complexity index is 709. The number of halogens is 2. The van der Waals surface area contributed by atoms with Crippen LogP contribution >= 0.6 is 12.4 Å². The zero-order valence-electron chi connectivity index (χ0n) is 15.1. The molecule has 2 aliphatic rings. The van der Waals surface area contributed by atoms with Gasteiger partial charge in [-0.05, 0) is 56.5 Å². The monoisotopic (exact) mass is 398 g/mol. The van der Waals surface area contributed by atoms with E-state index >= 15 is 0 Å². The summed E-state index contributed by atoms with van der Waals surface area (Å²) in [5.41, 5.74) is -0.841. The first-order valence-corrected chi connectivity index (χ1v) is 8.78. The lowest BCUT2D eigenvalue weighted by Gasteiger charge is -2.24. The number of benzene rings is 1. The molecule has 9 heteroatoms. The second-order valence-electron chi connectivity index (χ2n) is 6.97. The van der Waals surface area contributed by atoms with E-state index in [0.29, 0.717) is 18.0 Å². The van der Waals surface area contributed by atoms with Crippen LogP contribution in [-0.2, 0) is 15.1 Å². The number of imide groups is 1. The van der Waals surface area contributed by atoms with Crippen LogP contribution in [0.2, 0.25) is 0 Å². The van der Waals surface area contributed by atoms with E-state index in [1.165, 1.54) is 24.3 Å². The van der Waals surface area contributed by atoms with Crippen LogP contribution in [-0.4, -0.2) is 48.9 Å². The molecule has 0 aromatic heterocycles.